The van der Waals surface area contributed by atoms with Crippen molar-refractivity contribution in [1.82, 2.24) is 0 Å². The lowest BCUT2D eigenvalue weighted by molar-refractivity contribution is -0.151. The van der Waals surface area contributed by atoms with Gasteiger partial charge in [0.05, 0.1) is 37.4 Å². The van der Waals surface area contributed by atoms with Gasteiger partial charge in [-0.2, -0.15) is 0 Å². The van der Waals surface area contributed by atoms with Gasteiger partial charge in [0, 0.05) is 21.2 Å². The predicted molar refractivity (Wildman–Crippen MR) is 187 cm³/mol. The fourth-order valence-corrected chi connectivity index (χ4v) is 5.31. The average molecular weight is 651 g/mol. The van der Waals surface area contributed by atoms with Gasteiger partial charge in [-0.1, -0.05) is 69.7 Å². The zero-order chi connectivity index (χ0) is 35.0. The number of carbonyl (C=O) groups is 3. The summed E-state index contributed by atoms with van der Waals surface area (Å²) in [5, 5.41) is 2.79. The molecule has 0 N–H and O–H groups in total. The van der Waals surface area contributed by atoms with Gasteiger partial charge in [0.25, 0.3) is 0 Å². The molecule has 250 valence electrons. The molecule has 4 aromatic rings. The first-order valence-electron chi connectivity index (χ1n) is 16.0. The summed E-state index contributed by atoms with van der Waals surface area (Å²) in [6.45, 7) is 13.3. The largest absolute Gasteiger partial charge is 0.493 e. The number of esters is 3. The van der Waals surface area contributed by atoms with Crippen LogP contribution in [0.1, 0.15) is 58.6 Å². The molecule has 0 amide bonds. The van der Waals surface area contributed by atoms with Crippen molar-refractivity contribution in [2.75, 3.05) is 14.2 Å². The highest BCUT2D eigenvalue weighted by atomic mass is 16.6. The summed E-state index contributed by atoms with van der Waals surface area (Å²) in [6.07, 6.45) is 3.65. The molecule has 0 saturated carbocycles. The van der Waals surface area contributed by atoms with Crippen LogP contribution in [0.3, 0.4) is 0 Å². The number of allylic oxidation sites excluding steroid dienone is 1. The molecular weight excluding hydrogens is 608 g/mol. The number of ether oxygens (including phenoxy) is 5. The van der Waals surface area contributed by atoms with Crippen molar-refractivity contribution < 1.29 is 38.1 Å². The lowest BCUT2D eigenvalue weighted by atomic mass is 9.99. The van der Waals surface area contributed by atoms with E-state index < -0.39 is 11.9 Å². The lowest BCUT2D eigenvalue weighted by Crippen LogP contribution is -2.18. The summed E-state index contributed by atoms with van der Waals surface area (Å²) < 4.78 is 27.1. The van der Waals surface area contributed by atoms with Gasteiger partial charge in [-0.15, -0.1) is 6.58 Å². The van der Waals surface area contributed by atoms with Crippen LogP contribution < -0.4 is 29.4 Å². The number of rotatable bonds is 8. The fourth-order valence-electron chi connectivity index (χ4n) is 5.31. The quantitative estimate of drug-likeness (QED) is 0.119. The molecule has 0 aromatic heterocycles. The number of carbonyl (C=O) groups excluding carboxylic acids is 3. The van der Waals surface area contributed by atoms with Crippen LogP contribution >= 0.6 is 0 Å². The summed E-state index contributed by atoms with van der Waals surface area (Å²) in [5.74, 6) is 0.949. The zero-order valence-electron chi connectivity index (χ0n) is 28.5. The molecule has 4 aromatic carbocycles. The third kappa shape index (κ3) is 7.44. The third-order valence-corrected chi connectivity index (χ3v) is 7.45. The van der Waals surface area contributed by atoms with Gasteiger partial charge < -0.3 is 23.7 Å². The van der Waals surface area contributed by atoms with E-state index in [1.54, 1.807) is 38.5 Å². The molecule has 0 bridgehead atoms. The minimum absolute atomic E-state index is 0.0187. The van der Waals surface area contributed by atoms with E-state index in [1.807, 2.05) is 75.4 Å². The van der Waals surface area contributed by atoms with Crippen LogP contribution in [0.2, 0.25) is 0 Å². The molecule has 2 aliphatic rings. The monoisotopic (exact) mass is 650 g/mol. The van der Waals surface area contributed by atoms with Gasteiger partial charge in [-0.25, -0.2) is 9.59 Å². The Hall–Kier alpha value is -5.37. The van der Waals surface area contributed by atoms with Crippen LogP contribution in [0.25, 0.3) is 21.9 Å². The summed E-state index contributed by atoms with van der Waals surface area (Å²) in [6, 6.07) is 22.1. The second-order valence-electron chi connectivity index (χ2n) is 11.6. The maximum Gasteiger partial charge on any atom is 0.344 e. The highest BCUT2D eigenvalue weighted by Crippen LogP contribution is 2.36. The molecule has 6 rings (SSSR count). The van der Waals surface area contributed by atoms with E-state index in [4.69, 9.17) is 23.7 Å². The van der Waals surface area contributed by atoms with Crippen LogP contribution in [0.5, 0.6) is 23.0 Å². The normalized spacial score (nSPS) is 13.2. The van der Waals surface area contributed by atoms with E-state index in [2.05, 4.69) is 20.4 Å². The van der Waals surface area contributed by atoms with Gasteiger partial charge in [0.1, 0.15) is 11.5 Å². The molecule has 0 fully saturated rings. The minimum atomic E-state index is -0.455. The van der Waals surface area contributed by atoms with Crippen LogP contribution in [0, 0.1) is 5.92 Å². The number of benzene rings is 4. The molecule has 1 atom stereocenters. The first-order chi connectivity index (χ1) is 23.1. The molecule has 48 heavy (non-hydrogen) atoms. The molecule has 0 spiro atoms. The Kier molecular flexibility index (Phi) is 11.8. The lowest BCUT2D eigenvalue weighted by Gasteiger charge is -2.11. The molecule has 0 aliphatic carbocycles. The summed E-state index contributed by atoms with van der Waals surface area (Å²) in [4.78, 5) is 36.7. The fraction of sp³-hybridized carbons (Fsp3) is 0.275. The topological polar surface area (TPSA) is 97.4 Å². The Labute approximate surface area is 281 Å². The van der Waals surface area contributed by atoms with Crippen LogP contribution in [-0.4, -0.2) is 38.2 Å². The van der Waals surface area contributed by atoms with Crippen molar-refractivity contribution in [2.45, 2.75) is 53.6 Å². The molecule has 0 radical (unpaired) electrons. The Morgan fingerprint density at radius 3 is 1.75 bits per heavy atom. The van der Waals surface area contributed by atoms with Crippen molar-refractivity contribution in [3.05, 3.63) is 107 Å². The van der Waals surface area contributed by atoms with Crippen molar-refractivity contribution >= 4 is 39.8 Å². The maximum absolute atomic E-state index is 12.9. The van der Waals surface area contributed by atoms with Crippen LogP contribution in [0.15, 0.2) is 85.5 Å². The first kappa shape index (κ1) is 35.5. The van der Waals surface area contributed by atoms with Gasteiger partial charge in [0.2, 0.25) is 0 Å². The molecule has 2 aliphatic heterocycles. The van der Waals surface area contributed by atoms with Gasteiger partial charge >= 0.3 is 17.9 Å². The Morgan fingerprint density at radius 1 is 0.750 bits per heavy atom. The molecule has 8 nitrogen and oxygen atoms in total. The van der Waals surface area contributed by atoms with E-state index in [0.29, 0.717) is 62.1 Å². The SMILES string of the molecule is C=CCC(C)C(=O)OC(C)C.CCC.COc1ccc(C2=c3ccc4c5c(ccc4c3OC2=O)=C(c2ccccc2)C(=O)O5)cc1OC. The smallest absolute Gasteiger partial charge is 0.344 e. The predicted octanol–water partition coefficient (Wildman–Crippen LogP) is 6.66. The van der Waals surface area contributed by atoms with E-state index in [-0.39, 0.29) is 18.0 Å². The maximum atomic E-state index is 12.9. The molecule has 0 saturated heterocycles. The molecule has 1 unspecified atom stereocenters. The average Bonchev–Trinajstić information content (AvgIpc) is 3.60. The third-order valence-electron chi connectivity index (χ3n) is 7.45. The Morgan fingerprint density at radius 2 is 1.27 bits per heavy atom. The highest BCUT2D eigenvalue weighted by molar-refractivity contribution is 6.23. The summed E-state index contributed by atoms with van der Waals surface area (Å²) in [7, 11) is 3.10. The van der Waals surface area contributed by atoms with Gasteiger partial charge in [-0.05, 0) is 67.8 Å². The van der Waals surface area contributed by atoms with E-state index in [9.17, 15) is 14.4 Å². The number of fused-ring (bicyclic) bond motifs is 5. The van der Waals surface area contributed by atoms with Crippen molar-refractivity contribution in [2.24, 2.45) is 5.92 Å². The van der Waals surface area contributed by atoms with Crippen LogP contribution in [0.4, 0.5) is 0 Å². The number of hydrogen-bond donors (Lipinski definition) is 0. The molecule has 8 heteroatoms. The molecular formula is C40H42O8. The standard InChI is InChI=1S/C28H18O6.C9H16O2.C3H8/c1-31-21-13-8-16(14-22(21)32-2)24-20-12-10-17-18(26(20)34-28(24)30)9-11-19-23(27(29)33-25(17)19)15-6-4-3-5-7-15;1-5-6-8(4)9(10)11-7(2)3;1-3-2/h3-14H,1-2H3;5,7-8H,1,6H2,2-4H3;3H2,1-2H3. The minimum Gasteiger partial charge on any atom is -0.493 e. The van der Waals surface area contributed by atoms with Crippen molar-refractivity contribution in [1.29, 1.82) is 0 Å². The van der Waals surface area contributed by atoms with Crippen molar-refractivity contribution in [3.63, 3.8) is 0 Å². The number of hydrogen-bond acceptors (Lipinski definition) is 8. The zero-order valence-corrected chi connectivity index (χ0v) is 28.5. The van der Waals surface area contributed by atoms with Crippen molar-refractivity contribution in [3.8, 4) is 23.0 Å². The Bertz CT molecular complexity index is 1960. The first-order valence-corrected chi connectivity index (χ1v) is 16.0. The van der Waals surface area contributed by atoms with E-state index in [1.165, 1.54) is 6.42 Å². The summed E-state index contributed by atoms with van der Waals surface area (Å²) in [5.41, 5.74) is 2.41. The second-order valence-corrected chi connectivity index (χ2v) is 11.6. The van der Waals surface area contributed by atoms with E-state index >= 15 is 0 Å². The second kappa shape index (κ2) is 16.0. The van der Waals surface area contributed by atoms with Gasteiger partial charge in [0.15, 0.2) is 11.5 Å². The molecule has 2 heterocycles. The number of methoxy groups -OCH3 is 2. The van der Waals surface area contributed by atoms with Crippen LogP contribution in [-0.2, 0) is 19.1 Å². The van der Waals surface area contributed by atoms with E-state index in [0.717, 1.165) is 10.8 Å². The van der Waals surface area contributed by atoms with Gasteiger partial charge in [-0.3, -0.25) is 4.79 Å². The highest BCUT2D eigenvalue weighted by Gasteiger charge is 2.30. The Balaban J connectivity index is 0.000000316. The summed E-state index contributed by atoms with van der Waals surface area (Å²) >= 11 is 0.